The highest BCUT2D eigenvalue weighted by molar-refractivity contribution is 9.10. The van der Waals surface area contributed by atoms with Crippen molar-refractivity contribution in [3.63, 3.8) is 0 Å². The summed E-state index contributed by atoms with van der Waals surface area (Å²) in [6.45, 7) is 3.83. The standard InChI is InChI=1S/C25H20BrFN4O3/c1-14-7-9-19(15(2)11-14)28-23(32)22-13-16-12-17(26)8-10-21(16)31(22)30-25(34)24(33)29-20-6-4-3-5-18(20)27/h3-13H,1-2H3,(H,28,32)(H,29,33)(H,30,34). The Labute approximate surface area is 203 Å². The van der Waals surface area contributed by atoms with Crippen LogP contribution in [0.5, 0.6) is 0 Å². The van der Waals surface area contributed by atoms with Crippen LogP contribution in [0.15, 0.2) is 71.2 Å². The van der Waals surface area contributed by atoms with Crippen molar-refractivity contribution in [1.29, 1.82) is 0 Å². The molecule has 0 aliphatic heterocycles. The number of nitrogens with one attached hydrogen (secondary N) is 3. The Bertz CT molecular complexity index is 1450. The molecular formula is C25H20BrFN4O3. The summed E-state index contributed by atoms with van der Waals surface area (Å²) in [5.41, 5.74) is 5.50. The molecule has 0 bridgehead atoms. The molecule has 0 saturated carbocycles. The second kappa shape index (κ2) is 9.48. The Morgan fingerprint density at radius 3 is 2.35 bits per heavy atom. The number of benzene rings is 3. The molecule has 0 aliphatic rings. The van der Waals surface area contributed by atoms with Crippen molar-refractivity contribution in [3.05, 3.63) is 93.8 Å². The molecule has 4 rings (SSSR count). The van der Waals surface area contributed by atoms with E-state index in [2.05, 4.69) is 32.0 Å². The van der Waals surface area contributed by atoms with E-state index in [-0.39, 0.29) is 11.4 Å². The third kappa shape index (κ3) is 4.84. The van der Waals surface area contributed by atoms with Gasteiger partial charge in [0.2, 0.25) is 0 Å². The normalized spacial score (nSPS) is 10.7. The minimum absolute atomic E-state index is 0.111. The molecule has 0 saturated heterocycles. The summed E-state index contributed by atoms with van der Waals surface area (Å²) in [6, 6.07) is 18.0. The maximum atomic E-state index is 13.9. The molecule has 0 unspecified atom stereocenters. The highest BCUT2D eigenvalue weighted by Crippen LogP contribution is 2.25. The van der Waals surface area contributed by atoms with Crippen molar-refractivity contribution in [3.8, 4) is 0 Å². The average molecular weight is 523 g/mol. The third-order valence-corrected chi connectivity index (χ3v) is 5.66. The number of anilines is 2. The Balaban J connectivity index is 1.65. The molecule has 9 heteroatoms. The summed E-state index contributed by atoms with van der Waals surface area (Å²) in [7, 11) is 0. The highest BCUT2D eigenvalue weighted by Gasteiger charge is 2.22. The predicted octanol–water partition coefficient (Wildman–Crippen LogP) is 5.12. The van der Waals surface area contributed by atoms with Crippen molar-refractivity contribution in [2.75, 3.05) is 16.1 Å². The Morgan fingerprint density at radius 2 is 1.62 bits per heavy atom. The fourth-order valence-electron chi connectivity index (χ4n) is 3.51. The monoisotopic (exact) mass is 522 g/mol. The van der Waals surface area contributed by atoms with Gasteiger partial charge in [0.1, 0.15) is 11.5 Å². The summed E-state index contributed by atoms with van der Waals surface area (Å²) >= 11 is 3.39. The van der Waals surface area contributed by atoms with Gasteiger partial charge in [0.15, 0.2) is 0 Å². The molecular weight excluding hydrogens is 503 g/mol. The number of carbonyl (C=O) groups is 3. The summed E-state index contributed by atoms with van der Waals surface area (Å²) in [5, 5.41) is 5.74. The molecule has 1 aromatic heterocycles. The number of fused-ring (bicyclic) bond motifs is 1. The van der Waals surface area contributed by atoms with Crippen LogP contribution in [0, 0.1) is 19.7 Å². The van der Waals surface area contributed by atoms with Crippen LogP contribution in [0.25, 0.3) is 10.9 Å². The first-order valence-corrected chi connectivity index (χ1v) is 11.1. The Morgan fingerprint density at radius 1 is 0.853 bits per heavy atom. The number of hydrogen-bond acceptors (Lipinski definition) is 3. The van der Waals surface area contributed by atoms with E-state index in [1.54, 1.807) is 30.3 Å². The van der Waals surface area contributed by atoms with Crippen LogP contribution in [-0.4, -0.2) is 22.4 Å². The van der Waals surface area contributed by atoms with Crippen molar-refractivity contribution in [2.45, 2.75) is 13.8 Å². The van der Waals surface area contributed by atoms with Gasteiger partial charge in [0.25, 0.3) is 5.91 Å². The van der Waals surface area contributed by atoms with Crippen molar-refractivity contribution in [2.24, 2.45) is 0 Å². The second-order valence-electron chi connectivity index (χ2n) is 7.72. The zero-order chi connectivity index (χ0) is 24.4. The van der Waals surface area contributed by atoms with Gasteiger partial charge in [-0.25, -0.2) is 9.07 Å². The Hall–Kier alpha value is -3.98. The van der Waals surface area contributed by atoms with Crippen molar-refractivity contribution < 1.29 is 18.8 Å². The Kier molecular flexibility index (Phi) is 6.47. The van der Waals surface area contributed by atoms with Gasteiger partial charge < -0.3 is 10.6 Å². The van der Waals surface area contributed by atoms with Gasteiger partial charge in [-0.1, -0.05) is 45.8 Å². The molecule has 34 heavy (non-hydrogen) atoms. The molecule has 0 fully saturated rings. The molecule has 4 aromatic rings. The quantitative estimate of drug-likeness (QED) is 0.325. The molecule has 7 nitrogen and oxygen atoms in total. The summed E-state index contributed by atoms with van der Waals surface area (Å²) in [5.74, 6) is -3.29. The van der Waals surface area contributed by atoms with Gasteiger partial charge >= 0.3 is 11.8 Å². The van der Waals surface area contributed by atoms with Crippen LogP contribution >= 0.6 is 15.9 Å². The van der Waals surface area contributed by atoms with Crippen LogP contribution < -0.4 is 16.1 Å². The number of nitrogens with zero attached hydrogens (tertiary/aromatic N) is 1. The second-order valence-corrected chi connectivity index (χ2v) is 8.63. The van der Waals surface area contributed by atoms with Crippen molar-refractivity contribution >= 4 is 55.9 Å². The molecule has 172 valence electrons. The lowest BCUT2D eigenvalue weighted by atomic mass is 10.1. The molecule has 3 amide bonds. The molecule has 0 spiro atoms. The van der Waals surface area contributed by atoms with Crippen LogP contribution in [-0.2, 0) is 9.59 Å². The van der Waals surface area contributed by atoms with Gasteiger partial charge in [-0.2, -0.15) is 0 Å². The van der Waals surface area contributed by atoms with Crippen LogP contribution in [0.2, 0.25) is 0 Å². The zero-order valence-electron chi connectivity index (χ0n) is 18.3. The van der Waals surface area contributed by atoms with Crippen LogP contribution in [0.4, 0.5) is 15.8 Å². The van der Waals surface area contributed by atoms with Gasteiger partial charge in [-0.15, -0.1) is 0 Å². The number of hydrogen-bond donors (Lipinski definition) is 3. The van der Waals surface area contributed by atoms with E-state index in [4.69, 9.17) is 0 Å². The SMILES string of the molecule is Cc1ccc(NC(=O)c2cc3cc(Br)ccc3n2NC(=O)C(=O)Nc2ccccc2F)c(C)c1. The maximum absolute atomic E-state index is 13.9. The summed E-state index contributed by atoms with van der Waals surface area (Å²) in [4.78, 5) is 38.2. The minimum atomic E-state index is -1.08. The number of carbonyl (C=O) groups excluding carboxylic acids is 3. The van der Waals surface area contributed by atoms with Crippen LogP contribution in [0.1, 0.15) is 21.6 Å². The first kappa shape index (κ1) is 23.2. The largest absolute Gasteiger partial charge is 0.328 e. The number of amides is 3. The van der Waals surface area contributed by atoms with E-state index in [0.29, 0.717) is 16.6 Å². The third-order valence-electron chi connectivity index (χ3n) is 5.17. The van der Waals surface area contributed by atoms with E-state index in [1.165, 1.54) is 28.9 Å². The number of aryl methyl sites for hydroxylation is 2. The topological polar surface area (TPSA) is 92.2 Å². The summed E-state index contributed by atoms with van der Waals surface area (Å²) in [6.07, 6.45) is 0. The first-order valence-electron chi connectivity index (χ1n) is 10.3. The van der Waals surface area contributed by atoms with Gasteiger partial charge in [0, 0.05) is 15.5 Å². The smallest absolute Gasteiger partial charge is 0.320 e. The van der Waals surface area contributed by atoms with E-state index in [0.717, 1.165) is 15.6 Å². The average Bonchev–Trinajstić information content (AvgIpc) is 3.14. The maximum Gasteiger partial charge on any atom is 0.328 e. The number of rotatable bonds is 4. The predicted molar refractivity (Wildman–Crippen MR) is 133 cm³/mol. The fourth-order valence-corrected chi connectivity index (χ4v) is 3.89. The van der Waals surface area contributed by atoms with Gasteiger partial charge in [-0.3, -0.25) is 19.8 Å². The first-order chi connectivity index (χ1) is 16.2. The van der Waals surface area contributed by atoms with Gasteiger partial charge in [0.05, 0.1) is 11.2 Å². The lowest BCUT2D eigenvalue weighted by Crippen LogP contribution is -2.36. The molecule has 3 aromatic carbocycles. The van der Waals surface area contributed by atoms with E-state index in [9.17, 15) is 18.8 Å². The number of aromatic nitrogens is 1. The molecule has 0 radical (unpaired) electrons. The highest BCUT2D eigenvalue weighted by atomic mass is 79.9. The lowest BCUT2D eigenvalue weighted by Gasteiger charge is -2.14. The molecule has 0 atom stereocenters. The van der Waals surface area contributed by atoms with E-state index >= 15 is 0 Å². The van der Waals surface area contributed by atoms with Gasteiger partial charge in [-0.05, 0) is 61.9 Å². The number of halogens is 2. The zero-order valence-corrected chi connectivity index (χ0v) is 19.9. The molecule has 1 heterocycles. The molecule has 0 aliphatic carbocycles. The number of para-hydroxylation sites is 1. The van der Waals surface area contributed by atoms with E-state index < -0.39 is 23.5 Å². The summed E-state index contributed by atoms with van der Waals surface area (Å²) < 4.78 is 15.9. The van der Waals surface area contributed by atoms with Crippen LogP contribution in [0.3, 0.4) is 0 Å². The fraction of sp³-hybridized carbons (Fsp3) is 0.0800. The minimum Gasteiger partial charge on any atom is -0.320 e. The van der Waals surface area contributed by atoms with Crippen molar-refractivity contribution in [1.82, 2.24) is 4.68 Å². The molecule has 3 N–H and O–H groups in total. The lowest BCUT2D eigenvalue weighted by molar-refractivity contribution is -0.133. The van der Waals surface area contributed by atoms with E-state index in [1.807, 2.05) is 26.0 Å².